The summed E-state index contributed by atoms with van der Waals surface area (Å²) in [5.41, 5.74) is -1.31. The first-order valence-corrected chi connectivity index (χ1v) is 30.5. The van der Waals surface area contributed by atoms with E-state index in [0.717, 1.165) is 32.1 Å². The summed E-state index contributed by atoms with van der Waals surface area (Å²) in [6.45, 7) is 17.1. The maximum absolute atomic E-state index is 12.6. The summed E-state index contributed by atoms with van der Waals surface area (Å²) in [7, 11) is 0. The Balaban J connectivity index is 0.898. The molecule has 5 saturated heterocycles. The van der Waals surface area contributed by atoms with Crippen LogP contribution in [0.3, 0.4) is 0 Å². The number of allylic oxidation sites excluding steroid dienone is 2. The Morgan fingerprint density at radius 2 is 1.09 bits per heavy atom. The highest BCUT2D eigenvalue weighted by Crippen LogP contribution is 2.76. The van der Waals surface area contributed by atoms with E-state index in [0.29, 0.717) is 25.7 Å². The molecule has 26 heteroatoms. The number of ether oxygens (including phenoxy) is 10. The molecule has 0 aromatic carbocycles. The zero-order valence-corrected chi connectivity index (χ0v) is 50.0. The van der Waals surface area contributed by atoms with Gasteiger partial charge in [0.25, 0.3) is 0 Å². The summed E-state index contributed by atoms with van der Waals surface area (Å²) >= 11 is 0. The quantitative estimate of drug-likeness (QED) is 0.0702. The first-order valence-electron chi connectivity index (χ1n) is 30.5. The molecule has 10 aliphatic rings. The van der Waals surface area contributed by atoms with Crippen molar-refractivity contribution in [2.75, 3.05) is 19.8 Å². The second-order valence-corrected chi connectivity index (χ2v) is 28.8. The molecular formula is C59H96O26. The largest absolute Gasteiger partial charge is 0.479 e. The predicted octanol–water partition coefficient (Wildman–Crippen LogP) is -1.98. The van der Waals surface area contributed by atoms with Gasteiger partial charge in [0, 0.05) is 10.8 Å². The normalized spacial score (nSPS) is 56.2. The van der Waals surface area contributed by atoms with Gasteiger partial charge < -0.3 is 124 Å². The van der Waals surface area contributed by atoms with Gasteiger partial charge in [-0.2, -0.15) is 0 Å². The molecule has 0 aromatic heterocycles. The summed E-state index contributed by atoms with van der Waals surface area (Å²) in [5, 5.41) is 163. The number of carbonyl (C=O) groups is 1. The van der Waals surface area contributed by atoms with E-state index in [2.05, 4.69) is 47.6 Å². The van der Waals surface area contributed by atoms with Crippen LogP contribution in [0.25, 0.3) is 0 Å². The molecule has 26 nitrogen and oxygen atoms in total. The van der Waals surface area contributed by atoms with Gasteiger partial charge in [0.2, 0.25) is 0 Å². The molecule has 4 saturated carbocycles. The third kappa shape index (κ3) is 11.0. The van der Waals surface area contributed by atoms with Gasteiger partial charge in [-0.3, -0.25) is 0 Å². The fourth-order valence-electron chi connectivity index (χ4n) is 17.8. The lowest BCUT2D eigenvalue weighted by Gasteiger charge is -2.72. The third-order valence-electron chi connectivity index (χ3n) is 23.3. The monoisotopic (exact) mass is 1220 g/mol. The number of hydrogen-bond acceptors (Lipinski definition) is 25. The molecule has 0 amide bonds. The molecule has 34 atom stereocenters. The Kier molecular flexibility index (Phi) is 18.7. The van der Waals surface area contributed by atoms with Gasteiger partial charge in [-0.25, -0.2) is 4.79 Å². The van der Waals surface area contributed by atoms with Crippen LogP contribution < -0.4 is 0 Å². The summed E-state index contributed by atoms with van der Waals surface area (Å²) < 4.78 is 61.5. The molecule has 5 aliphatic heterocycles. The van der Waals surface area contributed by atoms with E-state index in [1.807, 2.05) is 6.92 Å². The van der Waals surface area contributed by atoms with E-state index in [4.69, 9.17) is 47.4 Å². The van der Waals surface area contributed by atoms with Crippen LogP contribution in [0.15, 0.2) is 11.6 Å². The van der Waals surface area contributed by atoms with Crippen molar-refractivity contribution in [2.24, 2.45) is 50.2 Å². The van der Waals surface area contributed by atoms with Gasteiger partial charge in [0.15, 0.2) is 37.6 Å². The fraction of sp³-hybridized carbons (Fsp3) is 0.949. The van der Waals surface area contributed by atoms with Crippen LogP contribution in [0.4, 0.5) is 0 Å². The number of aliphatic hydroxyl groups is 14. The molecule has 10 rings (SSSR count). The number of fused-ring (bicyclic) bond motifs is 7. The number of rotatable bonds is 13. The fourth-order valence-corrected chi connectivity index (χ4v) is 17.8. The Hall–Kier alpha value is -1.75. The Morgan fingerprint density at radius 1 is 0.541 bits per heavy atom. The van der Waals surface area contributed by atoms with Crippen LogP contribution in [0.1, 0.15) is 120 Å². The van der Waals surface area contributed by atoms with Gasteiger partial charge in [-0.05, 0) is 111 Å². The van der Waals surface area contributed by atoms with Crippen molar-refractivity contribution < 1.29 is 129 Å². The van der Waals surface area contributed by atoms with Crippen LogP contribution in [-0.2, 0) is 52.2 Å². The highest BCUT2D eigenvalue weighted by molar-refractivity contribution is 5.73. The maximum Gasteiger partial charge on any atom is 0.335 e. The Morgan fingerprint density at radius 3 is 1.67 bits per heavy atom. The first kappa shape index (κ1) is 66.2. The van der Waals surface area contributed by atoms with Crippen molar-refractivity contribution in [2.45, 2.75) is 280 Å². The lowest BCUT2D eigenvalue weighted by molar-refractivity contribution is -0.396. The highest BCUT2D eigenvalue weighted by Gasteiger charge is 2.70. The lowest BCUT2D eigenvalue weighted by Crippen LogP contribution is -2.68. The molecule has 488 valence electrons. The van der Waals surface area contributed by atoms with Crippen LogP contribution in [-0.4, -0.2) is 262 Å². The minimum absolute atomic E-state index is 0.0466. The van der Waals surface area contributed by atoms with Crippen LogP contribution in [0, 0.1) is 50.2 Å². The highest BCUT2D eigenvalue weighted by atomic mass is 16.8. The van der Waals surface area contributed by atoms with E-state index in [9.17, 15) is 81.4 Å². The zero-order valence-electron chi connectivity index (χ0n) is 50.0. The van der Waals surface area contributed by atoms with Crippen molar-refractivity contribution in [3.8, 4) is 0 Å². The average Bonchev–Trinajstić information content (AvgIpc) is 0.702. The molecular weight excluding hydrogens is 1120 g/mol. The maximum atomic E-state index is 12.6. The number of carboxylic acid groups (broad SMARTS) is 1. The smallest absolute Gasteiger partial charge is 0.335 e. The van der Waals surface area contributed by atoms with Gasteiger partial charge in [0.05, 0.1) is 44.2 Å². The molecule has 9 fully saturated rings. The predicted molar refractivity (Wildman–Crippen MR) is 288 cm³/mol. The van der Waals surface area contributed by atoms with E-state index in [-0.39, 0.29) is 47.2 Å². The molecule has 0 spiro atoms. The van der Waals surface area contributed by atoms with Crippen LogP contribution in [0.5, 0.6) is 0 Å². The topological polar surface area (TPSA) is 413 Å². The Bertz CT molecular complexity index is 2390. The summed E-state index contributed by atoms with van der Waals surface area (Å²) in [4.78, 5) is 12.6. The lowest BCUT2D eigenvalue weighted by atomic mass is 9.33. The van der Waals surface area contributed by atoms with Crippen molar-refractivity contribution >= 4 is 5.97 Å². The number of aliphatic carboxylic acids is 1. The second kappa shape index (κ2) is 24.1. The molecule has 5 heterocycles. The second-order valence-electron chi connectivity index (χ2n) is 28.8. The SMILES string of the molecule is C[C@@H]1O[C@@H](O[C@H]2[C@H](O[C@@H]3CC(C)(C)C[C@H]4C5=CC[C@@H]6[C@@]7(C)CC[C@H](O[C@@H]8O[C@H](C(=O)O)[C@@H](O)[C@H](O)[C@H]8O[C@@H]8O[C@H](CO)[C@H](O)[C@H](O)[C@H]8O[C@@H]8O[C@@H](C)[C@H](O)[C@@H](O)[C@H]8O)[C@](C)(CO)[C@@H]7CC[C@@]6(C)[C@]5(C)CC[C@@]34C)OC[C@H](O)[C@@H]2O)[C@H](O)[C@H](O)[C@H]1O. The number of hydrogen-bond donors (Lipinski definition) is 15. The van der Waals surface area contributed by atoms with Crippen molar-refractivity contribution in [1.29, 1.82) is 0 Å². The van der Waals surface area contributed by atoms with Gasteiger partial charge in [-0.15, -0.1) is 0 Å². The summed E-state index contributed by atoms with van der Waals surface area (Å²) in [6.07, 6.45) is -32.2. The van der Waals surface area contributed by atoms with Crippen molar-refractivity contribution in [3.63, 3.8) is 0 Å². The van der Waals surface area contributed by atoms with Crippen LogP contribution in [0.2, 0.25) is 0 Å². The van der Waals surface area contributed by atoms with Crippen LogP contribution >= 0.6 is 0 Å². The van der Waals surface area contributed by atoms with Gasteiger partial charge in [0.1, 0.15) is 97.7 Å². The zero-order chi connectivity index (χ0) is 62.2. The molecule has 0 bridgehead atoms. The molecule has 0 aromatic rings. The minimum Gasteiger partial charge on any atom is -0.479 e. The van der Waals surface area contributed by atoms with Gasteiger partial charge >= 0.3 is 5.97 Å². The average molecular weight is 1220 g/mol. The Labute approximate surface area is 494 Å². The summed E-state index contributed by atoms with van der Waals surface area (Å²) in [5.74, 6) is -1.68. The minimum atomic E-state index is -2.12. The van der Waals surface area contributed by atoms with E-state index >= 15 is 0 Å². The standard InChI is InChI=1S/C59H96O26/c1-23-33(63)37(67)42(72)49(77-23)83-45-35(65)27(62)21-76-51(45)81-32-19-54(3,4)18-26-25-10-11-30-56(6)14-13-31(57(7,22-61)29(56)12-15-59(30,9)58(25,8)17-16-55(26,32)5)80-53-47(41(71)40(70)44(82-53)48(74)75)85-52-46(39(69)36(66)28(20-60)79-52)84-50-43(73)38(68)34(64)24(2)78-50/h10,23-24,26-47,49-53,60-73H,11-22H2,1-9H3,(H,74,75)/t23-,24-,26-,27-,28+,29+,30+,31-,32+,33-,34-,35-,36-,37+,38+,39-,40-,41-,42+,43+,44-,45+,46+,47+,49-,50-,51-,52-,53+,55+,56-,57+,58+,59+/m0/s1. The first-order chi connectivity index (χ1) is 39.7. The summed E-state index contributed by atoms with van der Waals surface area (Å²) in [6, 6.07) is 0. The molecule has 0 radical (unpaired) electrons. The van der Waals surface area contributed by atoms with E-state index < -0.39 is 188 Å². The molecule has 0 unspecified atom stereocenters. The molecule has 15 N–H and O–H groups in total. The van der Waals surface area contributed by atoms with E-state index in [1.165, 1.54) is 19.4 Å². The third-order valence-corrected chi connectivity index (χ3v) is 23.3. The molecule has 5 aliphatic carbocycles. The van der Waals surface area contributed by atoms with E-state index in [1.54, 1.807) is 0 Å². The van der Waals surface area contributed by atoms with Gasteiger partial charge in [-0.1, -0.05) is 60.1 Å². The van der Waals surface area contributed by atoms with Crippen molar-refractivity contribution in [1.82, 2.24) is 0 Å². The van der Waals surface area contributed by atoms with Crippen molar-refractivity contribution in [3.05, 3.63) is 11.6 Å². The number of aliphatic hydroxyl groups excluding tert-OH is 14. The number of carboxylic acids is 1. The molecule has 85 heavy (non-hydrogen) atoms.